The van der Waals surface area contributed by atoms with Crippen molar-refractivity contribution in [3.05, 3.63) is 47.2 Å². The van der Waals surface area contributed by atoms with Crippen molar-refractivity contribution in [2.75, 3.05) is 20.8 Å². The molecule has 3 amide bonds. The van der Waals surface area contributed by atoms with Crippen LogP contribution in [0.15, 0.2) is 36.0 Å². The number of rotatable bonds is 5. The van der Waals surface area contributed by atoms with E-state index in [-0.39, 0.29) is 11.1 Å². The normalized spacial score (nSPS) is 13.4. The number of fused-ring (bicyclic) bond motifs is 1. The number of hydrogen-bond acceptors (Lipinski definition) is 7. The number of esters is 2. The third-order valence-corrected chi connectivity index (χ3v) is 3.32. The molecule has 0 atom stereocenters. The maximum Gasteiger partial charge on any atom is 0.354 e. The van der Waals surface area contributed by atoms with Crippen molar-refractivity contribution in [2.24, 2.45) is 0 Å². The Morgan fingerprint density at radius 1 is 1.04 bits per heavy atom. The number of benzene rings is 1. The summed E-state index contributed by atoms with van der Waals surface area (Å²) in [4.78, 5) is 60.0. The topological polar surface area (TPSA) is 119 Å². The van der Waals surface area contributed by atoms with Crippen molar-refractivity contribution in [2.45, 2.75) is 0 Å². The molecule has 0 spiro atoms. The quantitative estimate of drug-likeness (QED) is 0.439. The number of amides is 3. The lowest BCUT2D eigenvalue weighted by Crippen LogP contribution is -2.41. The summed E-state index contributed by atoms with van der Waals surface area (Å²) in [5.74, 6) is -3.96. The van der Waals surface area contributed by atoms with E-state index in [2.05, 4.69) is 14.8 Å². The van der Waals surface area contributed by atoms with E-state index < -0.39 is 41.9 Å². The molecule has 0 radical (unpaired) electrons. The Bertz CT molecular complexity index is 762. The van der Waals surface area contributed by atoms with E-state index in [4.69, 9.17) is 0 Å². The number of nitrogens with zero attached hydrogens (tertiary/aromatic N) is 1. The van der Waals surface area contributed by atoms with Gasteiger partial charge in [0.05, 0.1) is 31.4 Å². The Labute approximate surface area is 142 Å². The van der Waals surface area contributed by atoms with Gasteiger partial charge in [-0.25, -0.2) is 9.59 Å². The van der Waals surface area contributed by atoms with Gasteiger partial charge < -0.3 is 14.8 Å². The van der Waals surface area contributed by atoms with Gasteiger partial charge in [-0.3, -0.25) is 19.3 Å². The highest BCUT2D eigenvalue weighted by Crippen LogP contribution is 2.21. The molecular weight excluding hydrogens is 332 g/mol. The van der Waals surface area contributed by atoms with Crippen LogP contribution in [0.1, 0.15) is 20.7 Å². The highest BCUT2D eigenvalue weighted by atomic mass is 16.5. The third-order valence-electron chi connectivity index (χ3n) is 3.32. The molecule has 0 saturated carbocycles. The van der Waals surface area contributed by atoms with Gasteiger partial charge in [0.25, 0.3) is 11.8 Å². The maximum atomic E-state index is 12.2. The van der Waals surface area contributed by atoms with Crippen molar-refractivity contribution in [3.8, 4) is 0 Å². The number of imide groups is 1. The molecule has 1 aliphatic heterocycles. The second kappa shape index (κ2) is 7.39. The molecular formula is C16H14N2O7. The van der Waals surface area contributed by atoms with Gasteiger partial charge in [-0.15, -0.1) is 0 Å². The number of carbonyl (C=O) groups excluding carboxylic acids is 5. The average Bonchev–Trinajstić information content (AvgIpc) is 2.85. The summed E-state index contributed by atoms with van der Waals surface area (Å²) in [7, 11) is 2.15. The van der Waals surface area contributed by atoms with Gasteiger partial charge in [0.15, 0.2) is 0 Å². The predicted molar refractivity (Wildman–Crippen MR) is 82.1 cm³/mol. The fourth-order valence-corrected chi connectivity index (χ4v) is 2.15. The van der Waals surface area contributed by atoms with Crippen LogP contribution in [-0.4, -0.2) is 55.3 Å². The van der Waals surface area contributed by atoms with Gasteiger partial charge >= 0.3 is 11.9 Å². The molecule has 1 N–H and O–H groups in total. The summed E-state index contributed by atoms with van der Waals surface area (Å²) < 4.78 is 8.82. The van der Waals surface area contributed by atoms with E-state index in [0.29, 0.717) is 0 Å². The smallest absolute Gasteiger partial charge is 0.354 e. The molecule has 1 aromatic rings. The molecule has 0 saturated heterocycles. The Kier molecular flexibility index (Phi) is 5.28. The summed E-state index contributed by atoms with van der Waals surface area (Å²) in [6.45, 7) is -0.623. The molecule has 0 aromatic heterocycles. The average molecular weight is 346 g/mol. The number of ether oxygens (including phenoxy) is 2. The van der Waals surface area contributed by atoms with Crippen LogP contribution in [0.25, 0.3) is 0 Å². The fourth-order valence-electron chi connectivity index (χ4n) is 2.15. The van der Waals surface area contributed by atoms with Crippen molar-refractivity contribution in [3.63, 3.8) is 0 Å². The van der Waals surface area contributed by atoms with Gasteiger partial charge in [0.1, 0.15) is 12.2 Å². The first-order valence-corrected chi connectivity index (χ1v) is 7.02. The van der Waals surface area contributed by atoms with Gasteiger partial charge in [0.2, 0.25) is 5.91 Å². The van der Waals surface area contributed by atoms with Crippen molar-refractivity contribution in [1.82, 2.24) is 10.2 Å². The van der Waals surface area contributed by atoms with E-state index in [1.165, 1.54) is 12.1 Å². The predicted octanol–water partition coefficient (Wildman–Crippen LogP) is -0.371. The van der Waals surface area contributed by atoms with Gasteiger partial charge in [-0.05, 0) is 12.1 Å². The third kappa shape index (κ3) is 3.71. The van der Waals surface area contributed by atoms with Crippen LogP contribution in [0.2, 0.25) is 0 Å². The minimum atomic E-state index is -0.985. The molecule has 9 heteroatoms. The van der Waals surface area contributed by atoms with Crippen LogP contribution >= 0.6 is 0 Å². The van der Waals surface area contributed by atoms with Crippen LogP contribution in [0.3, 0.4) is 0 Å². The zero-order valence-electron chi connectivity index (χ0n) is 13.4. The molecule has 0 bridgehead atoms. The second-order valence-corrected chi connectivity index (χ2v) is 4.86. The van der Waals surface area contributed by atoms with E-state index in [0.717, 1.165) is 25.2 Å². The summed E-state index contributed by atoms with van der Waals surface area (Å²) in [5.41, 5.74) is -0.0897. The molecule has 0 aliphatic carbocycles. The van der Waals surface area contributed by atoms with Crippen LogP contribution in [0.4, 0.5) is 0 Å². The Morgan fingerprint density at radius 3 is 2.08 bits per heavy atom. The SMILES string of the molecule is COC(=O)/C=C(/NC(=O)CN1C(=O)c2ccccc2C1=O)C(=O)OC. The van der Waals surface area contributed by atoms with E-state index in [1.54, 1.807) is 12.1 Å². The molecule has 130 valence electrons. The Balaban J connectivity index is 2.13. The molecule has 9 nitrogen and oxygen atoms in total. The maximum absolute atomic E-state index is 12.2. The minimum Gasteiger partial charge on any atom is -0.466 e. The first-order valence-electron chi connectivity index (χ1n) is 7.02. The van der Waals surface area contributed by atoms with E-state index in [9.17, 15) is 24.0 Å². The zero-order chi connectivity index (χ0) is 18.6. The van der Waals surface area contributed by atoms with Crippen molar-refractivity contribution >= 4 is 29.7 Å². The Hall–Kier alpha value is -3.49. The van der Waals surface area contributed by atoms with Crippen LogP contribution in [0, 0.1) is 0 Å². The Morgan fingerprint density at radius 2 is 1.60 bits per heavy atom. The highest BCUT2D eigenvalue weighted by molar-refractivity contribution is 6.22. The first kappa shape index (κ1) is 17.9. The minimum absolute atomic E-state index is 0.193. The zero-order valence-corrected chi connectivity index (χ0v) is 13.4. The molecule has 25 heavy (non-hydrogen) atoms. The molecule has 1 heterocycles. The van der Waals surface area contributed by atoms with Gasteiger partial charge in [-0.1, -0.05) is 12.1 Å². The van der Waals surface area contributed by atoms with Crippen molar-refractivity contribution < 1.29 is 33.4 Å². The van der Waals surface area contributed by atoms with Gasteiger partial charge in [-0.2, -0.15) is 0 Å². The lowest BCUT2D eigenvalue weighted by molar-refractivity contribution is -0.139. The van der Waals surface area contributed by atoms with Crippen LogP contribution in [0.5, 0.6) is 0 Å². The molecule has 0 unspecified atom stereocenters. The molecule has 1 aliphatic rings. The van der Waals surface area contributed by atoms with E-state index in [1.807, 2.05) is 0 Å². The van der Waals surface area contributed by atoms with Crippen LogP contribution in [-0.2, 0) is 23.9 Å². The number of methoxy groups -OCH3 is 2. The molecule has 1 aromatic carbocycles. The fraction of sp³-hybridized carbons (Fsp3) is 0.188. The summed E-state index contributed by atoms with van der Waals surface area (Å²) in [6, 6.07) is 6.15. The number of hydrogen-bond donors (Lipinski definition) is 1. The monoisotopic (exact) mass is 346 g/mol. The standard InChI is InChI=1S/C16H14N2O7/c1-24-13(20)7-11(16(23)25-2)17-12(19)8-18-14(21)9-5-3-4-6-10(9)15(18)22/h3-7H,8H2,1-2H3,(H,17,19)/b11-7+. The second-order valence-electron chi connectivity index (χ2n) is 4.86. The van der Waals surface area contributed by atoms with Crippen molar-refractivity contribution in [1.29, 1.82) is 0 Å². The van der Waals surface area contributed by atoms with Gasteiger partial charge in [0, 0.05) is 0 Å². The number of nitrogens with one attached hydrogen (secondary N) is 1. The highest BCUT2D eigenvalue weighted by Gasteiger charge is 2.36. The lowest BCUT2D eigenvalue weighted by Gasteiger charge is -2.14. The molecule has 2 rings (SSSR count). The summed E-state index contributed by atoms with van der Waals surface area (Å²) >= 11 is 0. The van der Waals surface area contributed by atoms with E-state index >= 15 is 0 Å². The first-order chi connectivity index (χ1) is 11.9. The summed E-state index contributed by atoms with van der Waals surface area (Å²) in [6.07, 6.45) is 0.728. The lowest BCUT2D eigenvalue weighted by atomic mass is 10.1. The molecule has 0 fully saturated rings. The number of carbonyl (C=O) groups is 5. The largest absolute Gasteiger partial charge is 0.466 e. The van der Waals surface area contributed by atoms with Crippen LogP contribution < -0.4 is 5.32 Å². The summed E-state index contributed by atoms with van der Waals surface area (Å²) in [5, 5.41) is 2.13.